The molecule has 0 aromatic heterocycles. The lowest BCUT2D eigenvalue weighted by Crippen LogP contribution is -2.52. The Morgan fingerprint density at radius 2 is 1.76 bits per heavy atom. The van der Waals surface area contributed by atoms with Crippen LogP contribution in [0, 0.1) is 10.1 Å². The van der Waals surface area contributed by atoms with Crippen LogP contribution in [0.4, 0.5) is 10.5 Å². The lowest BCUT2D eigenvalue weighted by Gasteiger charge is -2.42. The summed E-state index contributed by atoms with van der Waals surface area (Å²) >= 11 is 0. The third-order valence-electron chi connectivity index (χ3n) is 11.3. The Morgan fingerprint density at radius 3 is 2.42 bits per heavy atom. The molecule has 314 valence electrons. The number of phenols is 2. The van der Waals surface area contributed by atoms with Gasteiger partial charge >= 0.3 is 6.09 Å². The van der Waals surface area contributed by atoms with Crippen LogP contribution < -0.4 is 14.2 Å². The van der Waals surface area contributed by atoms with Gasteiger partial charge in [-0.3, -0.25) is 29.4 Å². The molecule has 59 heavy (non-hydrogen) atoms. The van der Waals surface area contributed by atoms with Crippen LogP contribution >= 0.6 is 0 Å². The SMILES string of the molecule is CCOc1cc([N+](=O)[O-])c(C(C)OC(=O)N2COC3C(C)OC(OC4CC(O)(C(=O)CO)Cc5c(O)c6c(c(O)c54)C(=O)c4c(OC)cccc4C6=O)CC32)cc1OC. The highest BCUT2D eigenvalue weighted by atomic mass is 16.7. The molecule has 2 fully saturated rings. The van der Waals surface area contributed by atoms with Crippen LogP contribution in [0.3, 0.4) is 0 Å². The Labute approximate surface area is 336 Å². The molecule has 2 heterocycles. The normalized spacial score (nSPS) is 24.9. The molecule has 4 aliphatic rings. The first-order valence-electron chi connectivity index (χ1n) is 18.7. The standard InChI is InChI=1S/C40H42N2O17/c1-6-55-26-11-22(42(51)52)20(10-25(26)54-5)17(2)58-39(49)41-16-56-38-18(3)57-29(12-23(38)41)59-27-14-40(50,28(44)15-43)13-21-31(27)37(48)33-32(35(21)46)34(45)19-8-7-9-24(53-4)30(19)36(33)47/h7-11,17-18,23,27,29,38,43,46,48,50H,6,12-16H2,1-5H3. The molecule has 7 rings (SSSR count). The van der Waals surface area contributed by atoms with E-state index in [1.54, 1.807) is 13.8 Å². The molecular formula is C40H42N2O17. The molecule has 2 aliphatic carbocycles. The van der Waals surface area contributed by atoms with Crippen molar-refractivity contribution in [2.24, 2.45) is 0 Å². The van der Waals surface area contributed by atoms with E-state index in [1.807, 2.05) is 0 Å². The van der Waals surface area contributed by atoms with Gasteiger partial charge in [0.15, 0.2) is 29.4 Å². The largest absolute Gasteiger partial charge is 0.507 e. The molecule has 7 atom stereocenters. The smallest absolute Gasteiger partial charge is 0.412 e. The van der Waals surface area contributed by atoms with Crippen LogP contribution in [0.1, 0.15) is 94.4 Å². The summed E-state index contributed by atoms with van der Waals surface area (Å²) < 4.78 is 40.3. The molecule has 7 unspecified atom stereocenters. The number of nitrogens with zero attached hydrogens (tertiary/aromatic N) is 2. The number of amides is 1. The number of fused-ring (bicyclic) bond motifs is 4. The minimum atomic E-state index is -2.37. The van der Waals surface area contributed by atoms with Crippen molar-refractivity contribution in [1.82, 2.24) is 4.90 Å². The molecular weight excluding hydrogens is 780 g/mol. The van der Waals surface area contributed by atoms with Crippen molar-refractivity contribution in [3.63, 3.8) is 0 Å². The van der Waals surface area contributed by atoms with Gasteiger partial charge in [0.2, 0.25) is 5.78 Å². The van der Waals surface area contributed by atoms with Crippen LogP contribution in [0.5, 0.6) is 28.7 Å². The van der Waals surface area contributed by atoms with Gasteiger partial charge in [0, 0.05) is 36.0 Å². The molecule has 0 saturated carbocycles. The van der Waals surface area contributed by atoms with Crippen LogP contribution in [0.25, 0.3) is 0 Å². The van der Waals surface area contributed by atoms with E-state index in [2.05, 4.69) is 0 Å². The minimum absolute atomic E-state index is 0.0371. The van der Waals surface area contributed by atoms with Gasteiger partial charge in [-0.05, 0) is 32.9 Å². The fourth-order valence-corrected chi connectivity index (χ4v) is 8.44. The number of ether oxygens (including phenoxy) is 7. The summed E-state index contributed by atoms with van der Waals surface area (Å²) in [5.41, 5.74) is -4.49. The molecule has 2 aliphatic heterocycles. The Bertz CT molecular complexity index is 2260. The van der Waals surface area contributed by atoms with Crippen molar-refractivity contribution in [3.05, 3.63) is 79.4 Å². The number of hydrogen-bond donors (Lipinski definition) is 4. The van der Waals surface area contributed by atoms with Crippen LogP contribution in [0.2, 0.25) is 0 Å². The predicted molar refractivity (Wildman–Crippen MR) is 199 cm³/mol. The van der Waals surface area contributed by atoms with Gasteiger partial charge in [-0.25, -0.2) is 4.79 Å². The number of benzene rings is 3. The van der Waals surface area contributed by atoms with Gasteiger partial charge in [0.05, 0.1) is 72.3 Å². The Kier molecular flexibility index (Phi) is 11.0. The van der Waals surface area contributed by atoms with Gasteiger partial charge < -0.3 is 53.6 Å². The number of aromatic hydroxyl groups is 2. The van der Waals surface area contributed by atoms with Gasteiger partial charge in [-0.15, -0.1) is 0 Å². The number of Topliss-reactive ketones (excluding diaryl/α,β-unsaturated/α-hetero) is 1. The first kappa shape index (κ1) is 41.3. The molecule has 0 radical (unpaired) electrons. The van der Waals surface area contributed by atoms with Crippen molar-refractivity contribution in [2.45, 2.75) is 82.4 Å². The molecule has 2 saturated heterocycles. The van der Waals surface area contributed by atoms with Crippen LogP contribution in [0.15, 0.2) is 30.3 Å². The second kappa shape index (κ2) is 15.7. The third-order valence-corrected chi connectivity index (χ3v) is 11.3. The van der Waals surface area contributed by atoms with Crippen molar-refractivity contribution in [1.29, 1.82) is 0 Å². The number of hydrogen-bond acceptors (Lipinski definition) is 17. The average molecular weight is 823 g/mol. The Balaban J connectivity index is 1.19. The molecule has 1 amide bonds. The second-order valence-electron chi connectivity index (χ2n) is 14.6. The van der Waals surface area contributed by atoms with Gasteiger partial charge in [0.1, 0.15) is 48.4 Å². The molecule has 3 aromatic carbocycles. The fraction of sp³-hybridized carbons (Fsp3) is 0.450. The molecule has 0 bridgehead atoms. The lowest BCUT2D eigenvalue weighted by molar-refractivity contribution is -0.386. The third kappa shape index (κ3) is 6.87. The van der Waals surface area contributed by atoms with Crippen molar-refractivity contribution < 1.29 is 77.7 Å². The van der Waals surface area contributed by atoms with Crippen molar-refractivity contribution in [3.8, 4) is 28.7 Å². The number of methoxy groups -OCH3 is 2. The summed E-state index contributed by atoms with van der Waals surface area (Å²) in [6, 6.07) is 6.07. The quantitative estimate of drug-likeness (QED) is 0.0958. The molecule has 4 N–H and O–H groups in total. The maximum absolute atomic E-state index is 14.0. The number of ketones is 3. The molecule has 19 heteroatoms. The van der Waals surface area contributed by atoms with Crippen LogP contribution in [-0.4, -0.2) is 118 Å². The zero-order valence-electron chi connectivity index (χ0n) is 32.6. The maximum Gasteiger partial charge on any atom is 0.412 e. The van der Waals surface area contributed by atoms with Crippen molar-refractivity contribution >= 4 is 29.1 Å². The van der Waals surface area contributed by atoms with Gasteiger partial charge in [-0.2, -0.15) is 0 Å². The molecule has 19 nitrogen and oxygen atoms in total. The zero-order valence-corrected chi connectivity index (χ0v) is 32.6. The van der Waals surface area contributed by atoms with E-state index < -0.39 is 113 Å². The van der Waals surface area contributed by atoms with Gasteiger partial charge in [-0.1, -0.05) is 12.1 Å². The summed E-state index contributed by atoms with van der Waals surface area (Å²) in [5, 5.41) is 57.0. The van der Waals surface area contributed by atoms with E-state index in [0.717, 1.165) is 0 Å². The van der Waals surface area contributed by atoms with E-state index >= 15 is 0 Å². The number of carbonyl (C=O) groups excluding carboxylic acids is 4. The van der Waals surface area contributed by atoms with Gasteiger partial charge in [0.25, 0.3) is 5.69 Å². The summed E-state index contributed by atoms with van der Waals surface area (Å²) in [5.74, 6) is -3.83. The Morgan fingerprint density at radius 1 is 1.05 bits per heavy atom. The number of rotatable bonds is 11. The number of phenolic OH excluding ortho intramolecular Hbond substituents is 2. The number of carbonyl (C=O) groups is 4. The zero-order chi connectivity index (χ0) is 42.7. The summed E-state index contributed by atoms with van der Waals surface area (Å²) in [7, 11) is 2.66. The lowest BCUT2D eigenvalue weighted by atomic mass is 9.72. The topological polar surface area (TPSA) is 260 Å². The van der Waals surface area contributed by atoms with E-state index in [4.69, 9.17) is 33.2 Å². The fourth-order valence-electron chi connectivity index (χ4n) is 8.44. The second-order valence-corrected chi connectivity index (χ2v) is 14.6. The van der Waals surface area contributed by atoms with E-state index in [1.165, 1.54) is 56.4 Å². The first-order chi connectivity index (χ1) is 28.1. The van der Waals surface area contributed by atoms with E-state index in [0.29, 0.717) is 0 Å². The molecule has 0 spiro atoms. The van der Waals surface area contributed by atoms with E-state index in [9.17, 15) is 49.7 Å². The van der Waals surface area contributed by atoms with Crippen LogP contribution in [-0.2, 0) is 30.2 Å². The predicted octanol–water partition coefficient (Wildman–Crippen LogP) is 3.55. The maximum atomic E-state index is 14.0. The number of nitro groups is 1. The minimum Gasteiger partial charge on any atom is -0.507 e. The Hall–Kier alpha value is -5.86. The molecule has 3 aromatic rings. The average Bonchev–Trinajstić information content (AvgIpc) is 3.65. The number of aliphatic hydroxyl groups is 2. The van der Waals surface area contributed by atoms with E-state index in [-0.39, 0.29) is 70.5 Å². The highest BCUT2D eigenvalue weighted by molar-refractivity contribution is 6.31. The number of aliphatic hydroxyl groups excluding tert-OH is 1. The monoisotopic (exact) mass is 822 g/mol. The first-order valence-corrected chi connectivity index (χ1v) is 18.7. The summed E-state index contributed by atoms with van der Waals surface area (Å²) in [4.78, 5) is 67.3. The summed E-state index contributed by atoms with van der Waals surface area (Å²) in [6.07, 6.45) is -7.59. The summed E-state index contributed by atoms with van der Waals surface area (Å²) in [6.45, 7) is 3.67. The highest BCUT2D eigenvalue weighted by Crippen LogP contribution is 2.53. The van der Waals surface area contributed by atoms with Crippen molar-refractivity contribution in [2.75, 3.05) is 34.2 Å². The highest BCUT2D eigenvalue weighted by Gasteiger charge is 2.52. The number of nitro benzene ring substituents is 1.